The first-order valence-corrected chi connectivity index (χ1v) is 7.60. The van der Waals surface area contributed by atoms with E-state index >= 15 is 0 Å². The minimum Gasteiger partial charge on any atom is -0.424 e. The Morgan fingerprint density at radius 2 is 1.56 bits per heavy atom. The SMILES string of the molecule is CNc1c(NC(C)=O)c2c(NC(C)=O)c(OC(C)=O)ccc2n1NC. The summed E-state index contributed by atoms with van der Waals surface area (Å²) in [7, 11) is 3.42. The lowest BCUT2D eigenvalue weighted by Crippen LogP contribution is -2.13. The molecule has 0 bridgehead atoms. The van der Waals surface area contributed by atoms with E-state index in [1.807, 2.05) is 0 Å². The highest BCUT2D eigenvalue weighted by molar-refractivity contribution is 6.16. The summed E-state index contributed by atoms with van der Waals surface area (Å²) in [6.07, 6.45) is 0. The lowest BCUT2D eigenvalue weighted by molar-refractivity contribution is -0.132. The Kier molecular flexibility index (Phi) is 5.16. The van der Waals surface area contributed by atoms with E-state index in [4.69, 9.17) is 4.74 Å². The van der Waals surface area contributed by atoms with Gasteiger partial charge in [-0.2, -0.15) is 0 Å². The third kappa shape index (κ3) is 3.49. The normalized spacial score (nSPS) is 10.3. The van der Waals surface area contributed by atoms with Gasteiger partial charge in [0.15, 0.2) is 5.75 Å². The van der Waals surface area contributed by atoms with Crippen molar-refractivity contribution in [2.75, 3.05) is 35.5 Å². The van der Waals surface area contributed by atoms with Gasteiger partial charge in [-0.3, -0.25) is 14.4 Å². The van der Waals surface area contributed by atoms with Crippen LogP contribution in [0.2, 0.25) is 0 Å². The first kappa shape index (κ1) is 18.1. The number of ether oxygens (including phenoxy) is 1. The number of nitrogens with one attached hydrogen (secondary N) is 4. The molecular weight excluding hydrogens is 326 g/mol. The number of benzene rings is 1. The number of rotatable bonds is 5. The van der Waals surface area contributed by atoms with Gasteiger partial charge in [-0.1, -0.05) is 0 Å². The third-order valence-electron chi connectivity index (χ3n) is 3.41. The Bertz CT molecular complexity index is 856. The van der Waals surface area contributed by atoms with Crippen LogP contribution in [-0.2, 0) is 14.4 Å². The van der Waals surface area contributed by atoms with E-state index in [2.05, 4.69) is 21.4 Å². The van der Waals surface area contributed by atoms with Crippen molar-refractivity contribution in [1.82, 2.24) is 4.68 Å². The van der Waals surface area contributed by atoms with Crippen LogP contribution >= 0.6 is 0 Å². The molecule has 0 aliphatic carbocycles. The van der Waals surface area contributed by atoms with Gasteiger partial charge in [-0.05, 0) is 12.1 Å². The summed E-state index contributed by atoms with van der Waals surface area (Å²) in [6, 6.07) is 3.31. The molecular formula is C16H21N5O4. The summed E-state index contributed by atoms with van der Waals surface area (Å²) >= 11 is 0. The summed E-state index contributed by atoms with van der Waals surface area (Å²) in [5.74, 6) is -0.359. The van der Waals surface area contributed by atoms with Crippen LogP contribution in [0, 0.1) is 0 Å². The molecule has 0 aliphatic heterocycles. The number of carbonyl (C=O) groups excluding carboxylic acids is 3. The van der Waals surface area contributed by atoms with E-state index in [1.54, 1.807) is 30.9 Å². The molecule has 1 aromatic heterocycles. The van der Waals surface area contributed by atoms with Crippen LogP contribution in [0.25, 0.3) is 10.9 Å². The van der Waals surface area contributed by atoms with Gasteiger partial charge in [-0.25, -0.2) is 4.68 Å². The fraction of sp³-hybridized carbons (Fsp3) is 0.312. The fourth-order valence-electron chi connectivity index (χ4n) is 2.67. The van der Waals surface area contributed by atoms with E-state index < -0.39 is 5.97 Å². The monoisotopic (exact) mass is 347 g/mol. The van der Waals surface area contributed by atoms with Crippen LogP contribution < -0.4 is 26.1 Å². The van der Waals surface area contributed by atoms with Gasteiger partial charge in [0.2, 0.25) is 11.8 Å². The van der Waals surface area contributed by atoms with E-state index in [0.29, 0.717) is 28.1 Å². The number of hydrogen-bond acceptors (Lipinski definition) is 6. The number of amides is 2. The second kappa shape index (κ2) is 7.12. The average Bonchev–Trinajstić information content (AvgIpc) is 2.81. The fourth-order valence-corrected chi connectivity index (χ4v) is 2.67. The van der Waals surface area contributed by atoms with Crippen molar-refractivity contribution in [2.45, 2.75) is 20.8 Å². The lowest BCUT2D eigenvalue weighted by Gasteiger charge is -2.12. The van der Waals surface area contributed by atoms with Crippen LogP contribution in [0.4, 0.5) is 17.2 Å². The number of carbonyl (C=O) groups is 3. The molecule has 1 aromatic carbocycles. The number of hydrogen-bond donors (Lipinski definition) is 4. The molecule has 1 heterocycles. The largest absolute Gasteiger partial charge is 0.424 e. The van der Waals surface area contributed by atoms with Crippen molar-refractivity contribution in [3.05, 3.63) is 12.1 Å². The molecule has 0 unspecified atom stereocenters. The van der Waals surface area contributed by atoms with Gasteiger partial charge in [0.25, 0.3) is 0 Å². The Morgan fingerprint density at radius 1 is 0.960 bits per heavy atom. The number of fused-ring (bicyclic) bond motifs is 1. The van der Waals surface area contributed by atoms with Crippen LogP contribution in [0.5, 0.6) is 5.75 Å². The number of anilines is 3. The van der Waals surface area contributed by atoms with E-state index in [0.717, 1.165) is 0 Å². The molecule has 0 aliphatic rings. The van der Waals surface area contributed by atoms with E-state index in [1.165, 1.54) is 20.8 Å². The van der Waals surface area contributed by atoms with E-state index in [-0.39, 0.29) is 17.6 Å². The molecule has 4 N–H and O–H groups in total. The standard InChI is InChI=1S/C16H21N5O4/c1-8(22)19-14-12(25-10(3)24)7-6-11-13(14)15(20-9(2)23)16(17-4)21(11)18-5/h6-7,17-18H,1-5H3,(H,19,22)(H,20,23). The highest BCUT2D eigenvalue weighted by Crippen LogP contribution is 2.43. The second-order valence-corrected chi connectivity index (χ2v) is 5.32. The van der Waals surface area contributed by atoms with Gasteiger partial charge in [0, 0.05) is 34.9 Å². The Balaban J connectivity index is 2.90. The first-order valence-electron chi connectivity index (χ1n) is 7.60. The predicted molar refractivity (Wildman–Crippen MR) is 96.7 cm³/mol. The van der Waals surface area contributed by atoms with Crippen molar-refractivity contribution >= 4 is 45.9 Å². The maximum atomic E-state index is 11.7. The predicted octanol–water partition coefficient (Wildman–Crippen LogP) is 1.70. The molecule has 0 spiro atoms. The Morgan fingerprint density at radius 3 is 2.04 bits per heavy atom. The summed E-state index contributed by atoms with van der Waals surface area (Å²) in [5, 5.41) is 9.00. The smallest absolute Gasteiger partial charge is 0.308 e. The topological polar surface area (TPSA) is 113 Å². The van der Waals surface area contributed by atoms with Crippen molar-refractivity contribution in [2.24, 2.45) is 0 Å². The maximum Gasteiger partial charge on any atom is 0.308 e. The molecule has 134 valence electrons. The molecule has 2 rings (SSSR count). The molecule has 2 aromatic rings. The highest BCUT2D eigenvalue weighted by Gasteiger charge is 2.23. The van der Waals surface area contributed by atoms with E-state index in [9.17, 15) is 14.4 Å². The van der Waals surface area contributed by atoms with Crippen molar-refractivity contribution in [1.29, 1.82) is 0 Å². The van der Waals surface area contributed by atoms with Gasteiger partial charge >= 0.3 is 5.97 Å². The zero-order valence-corrected chi connectivity index (χ0v) is 14.7. The molecule has 9 heteroatoms. The lowest BCUT2D eigenvalue weighted by atomic mass is 10.1. The molecule has 2 amide bonds. The van der Waals surface area contributed by atoms with Crippen molar-refractivity contribution in [3.63, 3.8) is 0 Å². The van der Waals surface area contributed by atoms with Gasteiger partial charge in [0.1, 0.15) is 5.82 Å². The third-order valence-corrected chi connectivity index (χ3v) is 3.41. The highest BCUT2D eigenvalue weighted by atomic mass is 16.5. The Hall–Kier alpha value is -3.23. The maximum absolute atomic E-state index is 11.7. The second-order valence-electron chi connectivity index (χ2n) is 5.32. The molecule has 9 nitrogen and oxygen atoms in total. The van der Waals surface area contributed by atoms with Gasteiger partial charge in [-0.15, -0.1) is 0 Å². The van der Waals surface area contributed by atoms with Crippen LogP contribution in [-0.4, -0.2) is 36.6 Å². The Labute approximate surface area is 144 Å². The summed E-state index contributed by atoms with van der Waals surface area (Å²) in [5.41, 5.74) is 4.44. The molecule has 25 heavy (non-hydrogen) atoms. The quantitative estimate of drug-likeness (QED) is 0.484. The van der Waals surface area contributed by atoms with Gasteiger partial charge < -0.3 is 26.1 Å². The first-order chi connectivity index (χ1) is 11.8. The average molecular weight is 347 g/mol. The van der Waals surface area contributed by atoms with Crippen LogP contribution in [0.1, 0.15) is 20.8 Å². The molecule has 0 saturated carbocycles. The molecule has 0 saturated heterocycles. The molecule has 0 fully saturated rings. The summed E-state index contributed by atoms with van der Waals surface area (Å²) in [4.78, 5) is 34.8. The zero-order valence-electron chi connectivity index (χ0n) is 14.7. The van der Waals surface area contributed by atoms with Crippen molar-refractivity contribution in [3.8, 4) is 5.75 Å². The minimum atomic E-state index is -0.520. The zero-order chi connectivity index (χ0) is 18.7. The summed E-state index contributed by atoms with van der Waals surface area (Å²) < 4.78 is 6.93. The molecule has 0 radical (unpaired) electrons. The summed E-state index contributed by atoms with van der Waals surface area (Å²) in [6.45, 7) is 4.01. The van der Waals surface area contributed by atoms with Crippen LogP contribution in [0.3, 0.4) is 0 Å². The minimum absolute atomic E-state index is 0.192. The number of nitrogens with zero attached hydrogens (tertiary/aromatic N) is 1. The van der Waals surface area contributed by atoms with Gasteiger partial charge in [0.05, 0.1) is 22.3 Å². The number of esters is 1. The van der Waals surface area contributed by atoms with Crippen molar-refractivity contribution < 1.29 is 19.1 Å². The molecule has 0 atom stereocenters. The number of aromatic nitrogens is 1. The van der Waals surface area contributed by atoms with Crippen LogP contribution in [0.15, 0.2) is 12.1 Å².